The Hall–Kier alpha value is -2.37. The van der Waals surface area contributed by atoms with E-state index in [2.05, 4.69) is 36.2 Å². The van der Waals surface area contributed by atoms with E-state index in [0.29, 0.717) is 19.0 Å². The third-order valence-electron chi connectivity index (χ3n) is 4.62. The van der Waals surface area contributed by atoms with Crippen LogP contribution in [0.25, 0.3) is 0 Å². The molecule has 1 aromatic heterocycles. The van der Waals surface area contributed by atoms with Crippen molar-refractivity contribution in [1.82, 2.24) is 19.7 Å². The monoisotopic (exact) mass is 327 g/mol. The summed E-state index contributed by atoms with van der Waals surface area (Å²) in [5.74, 6) is 2.41. The van der Waals surface area contributed by atoms with Crippen LogP contribution in [0.2, 0.25) is 0 Å². The van der Waals surface area contributed by atoms with Crippen LogP contribution < -0.4 is 5.32 Å². The van der Waals surface area contributed by atoms with Crippen LogP contribution in [-0.2, 0) is 7.05 Å². The third kappa shape index (κ3) is 3.13. The van der Waals surface area contributed by atoms with Crippen LogP contribution >= 0.6 is 0 Å². The first-order valence-corrected chi connectivity index (χ1v) is 8.39. The molecular formula is C18H25N5O. The van der Waals surface area contributed by atoms with Crippen molar-refractivity contribution in [3.05, 3.63) is 41.0 Å². The van der Waals surface area contributed by atoms with Gasteiger partial charge in [0.05, 0.1) is 5.92 Å². The molecular weight excluding hydrogens is 302 g/mol. The lowest BCUT2D eigenvalue weighted by Gasteiger charge is -2.38. The van der Waals surface area contributed by atoms with Gasteiger partial charge in [-0.05, 0) is 37.1 Å². The molecule has 0 spiro atoms. The molecule has 1 saturated heterocycles. The van der Waals surface area contributed by atoms with Crippen molar-refractivity contribution in [3.63, 3.8) is 0 Å². The van der Waals surface area contributed by atoms with Gasteiger partial charge in [-0.25, -0.2) is 9.78 Å². The Morgan fingerprint density at radius 1 is 1.25 bits per heavy atom. The van der Waals surface area contributed by atoms with Crippen LogP contribution in [0.5, 0.6) is 0 Å². The highest BCUT2D eigenvalue weighted by molar-refractivity contribution is 5.90. The SMILES string of the molecule is Cc1ccc(NC(=O)N2CC(c3nc(C(C)C)nn3C)C2)cc1C. The molecule has 0 bridgehead atoms. The third-order valence-corrected chi connectivity index (χ3v) is 4.62. The number of aromatic nitrogens is 3. The molecule has 2 aromatic rings. The van der Waals surface area contributed by atoms with Gasteiger partial charge < -0.3 is 10.2 Å². The van der Waals surface area contributed by atoms with Gasteiger partial charge in [0.2, 0.25) is 0 Å². The number of benzene rings is 1. The van der Waals surface area contributed by atoms with E-state index < -0.39 is 0 Å². The van der Waals surface area contributed by atoms with Crippen LogP contribution in [-0.4, -0.2) is 38.8 Å². The molecule has 0 saturated carbocycles. The van der Waals surface area contributed by atoms with Crippen molar-refractivity contribution in [2.75, 3.05) is 18.4 Å². The molecule has 3 rings (SSSR count). The van der Waals surface area contributed by atoms with Gasteiger partial charge in [-0.3, -0.25) is 4.68 Å². The minimum Gasteiger partial charge on any atom is -0.323 e. The first-order valence-electron chi connectivity index (χ1n) is 8.39. The predicted octanol–water partition coefficient (Wildman–Crippen LogP) is 3.19. The molecule has 128 valence electrons. The molecule has 1 N–H and O–H groups in total. The number of likely N-dealkylation sites (tertiary alicyclic amines) is 1. The van der Waals surface area contributed by atoms with E-state index in [1.165, 1.54) is 11.1 Å². The van der Waals surface area contributed by atoms with E-state index in [-0.39, 0.29) is 11.9 Å². The molecule has 1 aromatic carbocycles. The number of carbonyl (C=O) groups is 1. The summed E-state index contributed by atoms with van der Waals surface area (Å²) in [6.07, 6.45) is 0. The Balaban J connectivity index is 1.59. The summed E-state index contributed by atoms with van der Waals surface area (Å²) in [7, 11) is 1.92. The van der Waals surface area contributed by atoms with E-state index >= 15 is 0 Å². The molecule has 0 unspecified atom stereocenters. The maximum atomic E-state index is 12.3. The zero-order valence-corrected chi connectivity index (χ0v) is 15.0. The standard InChI is InChI=1S/C18H25N5O/c1-11(2)16-20-17(22(5)21-16)14-9-23(10-14)18(24)19-15-7-6-12(3)13(4)8-15/h6-8,11,14H,9-10H2,1-5H3,(H,19,24). The lowest BCUT2D eigenvalue weighted by atomic mass is 10.00. The van der Waals surface area contributed by atoms with Crippen molar-refractivity contribution in [2.24, 2.45) is 7.05 Å². The lowest BCUT2D eigenvalue weighted by Crippen LogP contribution is -2.51. The van der Waals surface area contributed by atoms with Crippen molar-refractivity contribution < 1.29 is 4.79 Å². The Morgan fingerprint density at radius 3 is 2.54 bits per heavy atom. The Kier molecular flexibility index (Phi) is 4.30. The second-order valence-corrected chi connectivity index (χ2v) is 6.94. The molecule has 2 heterocycles. The smallest absolute Gasteiger partial charge is 0.321 e. The fraction of sp³-hybridized carbons (Fsp3) is 0.500. The van der Waals surface area contributed by atoms with E-state index in [9.17, 15) is 4.79 Å². The summed E-state index contributed by atoms with van der Waals surface area (Å²) in [5.41, 5.74) is 3.24. The topological polar surface area (TPSA) is 63.1 Å². The fourth-order valence-electron chi connectivity index (χ4n) is 2.85. The van der Waals surface area contributed by atoms with Crippen molar-refractivity contribution in [1.29, 1.82) is 0 Å². The van der Waals surface area contributed by atoms with E-state index in [1.54, 1.807) is 0 Å². The van der Waals surface area contributed by atoms with Crippen LogP contribution in [0.1, 0.15) is 48.5 Å². The summed E-state index contributed by atoms with van der Waals surface area (Å²) < 4.78 is 1.85. The molecule has 1 aliphatic rings. The number of anilines is 1. The Morgan fingerprint density at radius 2 is 1.96 bits per heavy atom. The van der Waals surface area contributed by atoms with Gasteiger partial charge in [-0.15, -0.1) is 0 Å². The Bertz CT molecular complexity index is 759. The average Bonchev–Trinajstić information content (AvgIpc) is 2.84. The number of hydrogen-bond donors (Lipinski definition) is 1. The highest BCUT2D eigenvalue weighted by atomic mass is 16.2. The molecule has 1 aliphatic heterocycles. The van der Waals surface area contributed by atoms with E-state index in [1.807, 2.05) is 41.8 Å². The largest absolute Gasteiger partial charge is 0.323 e. The number of amides is 2. The molecule has 6 nitrogen and oxygen atoms in total. The first kappa shape index (κ1) is 16.5. The minimum absolute atomic E-state index is 0.0549. The maximum absolute atomic E-state index is 12.3. The van der Waals surface area contributed by atoms with E-state index in [4.69, 9.17) is 0 Å². The van der Waals surface area contributed by atoms with Gasteiger partial charge in [0.15, 0.2) is 5.82 Å². The van der Waals surface area contributed by atoms with Crippen molar-refractivity contribution in [3.8, 4) is 0 Å². The van der Waals surface area contributed by atoms with Gasteiger partial charge in [-0.2, -0.15) is 5.10 Å². The summed E-state index contributed by atoms with van der Waals surface area (Å²) >= 11 is 0. The van der Waals surface area contributed by atoms with Gasteiger partial charge in [0.1, 0.15) is 5.82 Å². The zero-order valence-electron chi connectivity index (χ0n) is 15.0. The van der Waals surface area contributed by atoms with Gasteiger partial charge in [-0.1, -0.05) is 19.9 Å². The average molecular weight is 327 g/mol. The molecule has 2 amide bonds. The number of urea groups is 1. The number of aryl methyl sites for hydroxylation is 3. The number of nitrogens with one attached hydrogen (secondary N) is 1. The van der Waals surface area contributed by atoms with Crippen LogP contribution in [0.4, 0.5) is 10.5 Å². The number of carbonyl (C=O) groups excluding carboxylic acids is 1. The number of nitrogens with zero attached hydrogens (tertiary/aromatic N) is 4. The fourth-order valence-corrected chi connectivity index (χ4v) is 2.85. The molecule has 24 heavy (non-hydrogen) atoms. The highest BCUT2D eigenvalue weighted by Crippen LogP contribution is 2.27. The second kappa shape index (κ2) is 6.26. The molecule has 6 heteroatoms. The molecule has 1 fully saturated rings. The number of rotatable bonds is 3. The normalized spacial score (nSPS) is 14.8. The first-order chi connectivity index (χ1) is 11.3. The summed E-state index contributed by atoms with van der Waals surface area (Å²) in [6, 6.07) is 5.91. The van der Waals surface area contributed by atoms with Gasteiger partial charge >= 0.3 is 6.03 Å². The van der Waals surface area contributed by atoms with Crippen LogP contribution in [0.15, 0.2) is 18.2 Å². The molecule has 0 atom stereocenters. The van der Waals surface area contributed by atoms with Crippen LogP contribution in [0, 0.1) is 13.8 Å². The quantitative estimate of drug-likeness (QED) is 0.941. The van der Waals surface area contributed by atoms with Crippen molar-refractivity contribution in [2.45, 2.75) is 39.5 Å². The van der Waals surface area contributed by atoms with Gasteiger partial charge in [0.25, 0.3) is 0 Å². The second-order valence-electron chi connectivity index (χ2n) is 6.94. The molecule has 0 aliphatic carbocycles. The highest BCUT2D eigenvalue weighted by Gasteiger charge is 2.35. The molecule has 0 radical (unpaired) electrons. The van der Waals surface area contributed by atoms with Crippen LogP contribution in [0.3, 0.4) is 0 Å². The van der Waals surface area contributed by atoms with Crippen molar-refractivity contribution >= 4 is 11.7 Å². The Labute approximate surface area is 142 Å². The summed E-state index contributed by atoms with van der Waals surface area (Å²) in [5, 5.41) is 7.42. The van der Waals surface area contributed by atoms with Gasteiger partial charge in [0, 0.05) is 31.7 Å². The summed E-state index contributed by atoms with van der Waals surface area (Å²) in [6.45, 7) is 9.65. The number of hydrogen-bond acceptors (Lipinski definition) is 3. The van der Waals surface area contributed by atoms with E-state index in [0.717, 1.165) is 17.3 Å². The zero-order chi connectivity index (χ0) is 17.4. The minimum atomic E-state index is -0.0549. The summed E-state index contributed by atoms with van der Waals surface area (Å²) in [4.78, 5) is 18.8. The predicted molar refractivity (Wildman–Crippen MR) is 94.3 cm³/mol. The lowest BCUT2D eigenvalue weighted by molar-refractivity contribution is 0.159. The maximum Gasteiger partial charge on any atom is 0.321 e.